The highest BCUT2D eigenvalue weighted by Crippen LogP contribution is 2.26. The lowest BCUT2D eigenvalue weighted by molar-refractivity contribution is -0.124. The van der Waals surface area contributed by atoms with Crippen LogP contribution < -0.4 is 5.84 Å². The predicted octanol–water partition coefficient (Wildman–Crippen LogP) is 0.337. The van der Waals surface area contributed by atoms with E-state index in [-0.39, 0.29) is 22.9 Å². The number of amidine groups is 1. The third-order valence-electron chi connectivity index (χ3n) is 1.60. The molecule has 0 bridgehead atoms. The van der Waals surface area contributed by atoms with Crippen LogP contribution in [0.25, 0.3) is 0 Å². The van der Waals surface area contributed by atoms with Crippen molar-refractivity contribution >= 4 is 28.9 Å². The molecular formula is C7H11N3O3S. The molecule has 0 spiro atoms. The number of thioether (sulfide) groups is 1. The number of nitrogens with zero attached hydrogens (tertiary/aromatic N) is 2. The van der Waals surface area contributed by atoms with Crippen LogP contribution in [0.4, 0.5) is 4.79 Å². The first-order chi connectivity index (χ1) is 6.61. The lowest BCUT2D eigenvalue weighted by Crippen LogP contribution is -2.38. The van der Waals surface area contributed by atoms with Crippen LogP contribution in [0.15, 0.2) is 5.10 Å². The highest BCUT2D eigenvalue weighted by atomic mass is 32.2. The molecule has 1 rings (SSSR count). The van der Waals surface area contributed by atoms with Crippen molar-refractivity contribution in [1.82, 2.24) is 4.90 Å². The average Bonchev–Trinajstić information content (AvgIpc) is 2.43. The highest BCUT2D eigenvalue weighted by Gasteiger charge is 2.40. The molecule has 0 saturated carbocycles. The van der Waals surface area contributed by atoms with E-state index in [4.69, 9.17) is 10.6 Å². The summed E-state index contributed by atoms with van der Waals surface area (Å²) >= 11 is 1.14. The zero-order valence-corrected chi connectivity index (χ0v) is 8.71. The van der Waals surface area contributed by atoms with Gasteiger partial charge in [-0.05, 0) is 13.8 Å². The fourth-order valence-electron chi connectivity index (χ4n) is 0.982. The Labute approximate surface area is 85.4 Å². The van der Waals surface area contributed by atoms with Crippen molar-refractivity contribution < 1.29 is 14.3 Å². The maximum Gasteiger partial charge on any atom is 0.422 e. The molecule has 6 nitrogen and oxygen atoms in total. The molecule has 0 aromatic rings. The van der Waals surface area contributed by atoms with Gasteiger partial charge in [0, 0.05) is 0 Å². The van der Waals surface area contributed by atoms with E-state index < -0.39 is 6.09 Å². The van der Waals surface area contributed by atoms with Crippen LogP contribution in [0.2, 0.25) is 0 Å². The SMILES string of the molecule is CCOC(=O)N1C(=O)C(C)SC1=NN. The first-order valence-electron chi connectivity index (χ1n) is 4.07. The summed E-state index contributed by atoms with van der Waals surface area (Å²) in [7, 11) is 0. The van der Waals surface area contributed by atoms with E-state index in [2.05, 4.69) is 5.10 Å². The molecule has 0 radical (unpaired) electrons. The summed E-state index contributed by atoms with van der Waals surface area (Å²) in [5.41, 5.74) is 0. The Balaban J connectivity index is 2.84. The van der Waals surface area contributed by atoms with Crippen molar-refractivity contribution in [3.8, 4) is 0 Å². The molecule has 0 aromatic carbocycles. The van der Waals surface area contributed by atoms with Gasteiger partial charge in [-0.2, -0.15) is 10.0 Å². The number of rotatable bonds is 1. The van der Waals surface area contributed by atoms with Crippen LogP contribution in [0.3, 0.4) is 0 Å². The predicted molar refractivity (Wildman–Crippen MR) is 52.5 cm³/mol. The number of hydrazone groups is 1. The van der Waals surface area contributed by atoms with Gasteiger partial charge in [0.15, 0.2) is 5.17 Å². The molecule has 1 saturated heterocycles. The Kier molecular flexibility index (Phi) is 3.34. The molecule has 7 heteroatoms. The molecule has 1 aliphatic heterocycles. The number of hydrogen-bond acceptors (Lipinski definition) is 6. The average molecular weight is 217 g/mol. The summed E-state index contributed by atoms with van der Waals surface area (Å²) < 4.78 is 4.69. The van der Waals surface area contributed by atoms with Crippen molar-refractivity contribution in [2.45, 2.75) is 19.1 Å². The van der Waals surface area contributed by atoms with Crippen LogP contribution in [0.5, 0.6) is 0 Å². The van der Waals surface area contributed by atoms with Crippen molar-refractivity contribution in [3.05, 3.63) is 0 Å². The second-order valence-electron chi connectivity index (χ2n) is 2.54. The molecule has 1 heterocycles. The minimum atomic E-state index is -0.724. The van der Waals surface area contributed by atoms with E-state index in [0.717, 1.165) is 16.7 Å². The summed E-state index contributed by atoms with van der Waals surface area (Å²) in [6, 6.07) is 0. The van der Waals surface area contributed by atoms with E-state index in [1.807, 2.05) is 0 Å². The van der Waals surface area contributed by atoms with Gasteiger partial charge in [0.2, 0.25) is 0 Å². The third kappa shape index (κ3) is 1.82. The summed E-state index contributed by atoms with van der Waals surface area (Å²) in [4.78, 5) is 23.6. The molecule has 1 aliphatic rings. The van der Waals surface area contributed by atoms with E-state index in [1.165, 1.54) is 0 Å². The van der Waals surface area contributed by atoms with Gasteiger partial charge in [0.05, 0.1) is 11.9 Å². The first-order valence-corrected chi connectivity index (χ1v) is 4.95. The molecule has 78 valence electrons. The molecule has 0 aliphatic carbocycles. The van der Waals surface area contributed by atoms with Gasteiger partial charge in [-0.15, -0.1) is 0 Å². The zero-order chi connectivity index (χ0) is 10.7. The number of ether oxygens (including phenoxy) is 1. The van der Waals surface area contributed by atoms with Gasteiger partial charge < -0.3 is 10.6 Å². The van der Waals surface area contributed by atoms with Crippen molar-refractivity contribution in [1.29, 1.82) is 0 Å². The molecule has 2 N–H and O–H groups in total. The Morgan fingerprint density at radius 2 is 2.43 bits per heavy atom. The lowest BCUT2D eigenvalue weighted by atomic mass is 10.4. The van der Waals surface area contributed by atoms with E-state index in [0.29, 0.717) is 0 Å². The van der Waals surface area contributed by atoms with Gasteiger partial charge >= 0.3 is 6.09 Å². The number of amides is 2. The Hall–Kier alpha value is -1.24. The Morgan fingerprint density at radius 1 is 1.79 bits per heavy atom. The molecule has 0 aromatic heterocycles. The monoisotopic (exact) mass is 217 g/mol. The molecule has 1 fully saturated rings. The Morgan fingerprint density at radius 3 is 2.93 bits per heavy atom. The molecular weight excluding hydrogens is 206 g/mol. The summed E-state index contributed by atoms with van der Waals surface area (Å²) in [5.74, 6) is 4.70. The van der Waals surface area contributed by atoms with Gasteiger partial charge in [0.25, 0.3) is 5.91 Å². The fraction of sp³-hybridized carbons (Fsp3) is 0.571. The standard InChI is InChI=1S/C7H11N3O3S/c1-3-13-7(12)10-5(11)4(2)14-6(10)9-8/h4H,3,8H2,1-2H3. The topological polar surface area (TPSA) is 85.0 Å². The number of nitrogens with two attached hydrogens (primary N) is 1. The summed E-state index contributed by atoms with van der Waals surface area (Å²) in [5, 5.41) is 3.19. The van der Waals surface area contributed by atoms with Crippen molar-refractivity contribution in [2.75, 3.05) is 6.61 Å². The minimum Gasteiger partial charge on any atom is -0.449 e. The van der Waals surface area contributed by atoms with Crippen LogP contribution in [0.1, 0.15) is 13.8 Å². The maximum absolute atomic E-state index is 11.5. The Bertz CT molecular complexity index is 292. The first kappa shape index (κ1) is 10.8. The van der Waals surface area contributed by atoms with Crippen LogP contribution in [-0.4, -0.2) is 33.9 Å². The fourth-order valence-corrected chi connectivity index (χ4v) is 1.83. The molecule has 2 amide bonds. The minimum absolute atomic E-state index is 0.181. The van der Waals surface area contributed by atoms with Crippen LogP contribution in [0, 0.1) is 0 Å². The van der Waals surface area contributed by atoms with Gasteiger partial charge in [0.1, 0.15) is 0 Å². The van der Waals surface area contributed by atoms with Crippen molar-refractivity contribution in [2.24, 2.45) is 10.9 Å². The second kappa shape index (κ2) is 4.32. The largest absolute Gasteiger partial charge is 0.449 e. The quantitative estimate of drug-likeness (QED) is 0.505. The van der Waals surface area contributed by atoms with Crippen LogP contribution >= 0.6 is 11.8 Å². The van der Waals surface area contributed by atoms with Gasteiger partial charge in [-0.3, -0.25) is 4.79 Å². The second-order valence-corrected chi connectivity index (χ2v) is 3.85. The van der Waals surface area contributed by atoms with E-state index in [1.54, 1.807) is 13.8 Å². The van der Waals surface area contributed by atoms with E-state index >= 15 is 0 Å². The molecule has 1 atom stereocenters. The van der Waals surface area contributed by atoms with E-state index in [9.17, 15) is 9.59 Å². The lowest BCUT2D eigenvalue weighted by Gasteiger charge is -2.12. The number of imide groups is 1. The van der Waals surface area contributed by atoms with Crippen LogP contribution in [-0.2, 0) is 9.53 Å². The van der Waals surface area contributed by atoms with Crippen molar-refractivity contribution in [3.63, 3.8) is 0 Å². The number of carbonyl (C=O) groups excluding carboxylic acids is 2. The maximum atomic E-state index is 11.5. The summed E-state index contributed by atoms with van der Waals surface area (Å²) in [6.07, 6.45) is -0.724. The normalized spacial score (nSPS) is 24.4. The smallest absolute Gasteiger partial charge is 0.422 e. The highest BCUT2D eigenvalue weighted by molar-refractivity contribution is 8.15. The number of carbonyl (C=O) groups is 2. The third-order valence-corrected chi connectivity index (χ3v) is 2.66. The number of hydrogen-bond donors (Lipinski definition) is 1. The zero-order valence-electron chi connectivity index (χ0n) is 7.89. The molecule has 1 unspecified atom stereocenters. The molecule has 14 heavy (non-hydrogen) atoms. The summed E-state index contributed by atoms with van der Waals surface area (Å²) in [6.45, 7) is 3.55. The van der Waals surface area contributed by atoms with Gasteiger partial charge in [-0.1, -0.05) is 11.8 Å². The van der Waals surface area contributed by atoms with Gasteiger partial charge in [-0.25, -0.2) is 4.79 Å².